The van der Waals surface area contributed by atoms with Crippen LogP contribution in [0.4, 0.5) is 0 Å². The maximum atomic E-state index is 6.03. The van der Waals surface area contributed by atoms with Crippen molar-refractivity contribution in [1.82, 2.24) is 9.97 Å². The van der Waals surface area contributed by atoms with Crippen molar-refractivity contribution in [3.8, 4) is 5.75 Å². The van der Waals surface area contributed by atoms with E-state index in [1.54, 1.807) is 7.11 Å². The van der Waals surface area contributed by atoms with Crippen molar-refractivity contribution in [3.63, 3.8) is 0 Å². The van der Waals surface area contributed by atoms with Gasteiger partial charge < -0.3 is 4.74 Å². The van der Waals surface area contributed by atoms with Crippen LogP contribution in [0.15, 0.2) is 30.3 Å². The second-order valence-electron chi connectivity index (χ2n) is 4.37. The average Bonchev–Trinajstić information content (AvgIpc) is 2.39. The summed E-state index contributed by atoms with van der Waals surface area (Å²) in [6.45, 7) is 2.12. The van der Waals surface area contributed by atoms with Gasteiger partial charge >= 0.3 is 0 Å². The number of aromatic nitrogens is 2. The number of aryl methyl sites for hydroxylation is 1. The molecule has 1 aromatic carbocycles. The molecule has 0 saturated heterocycles. The van der Waals surface area contributed by atoms with Gasteiger partial charge in [-0.15, -0.1) is 0 Å². The molecule has 0 aliphatic rings. The van der Waals surface area contributed by atoms with E-state index >= 15 is 0 Å². The maximum absolute atomic E-state index is 6.03. The molecule has 0 unspecified atom stereocenters. The van der Waals surface area contributed by atoms with Gasteiger partial charge in [-0.1, -0.05) is 37.1 Å². The van der Waals surface area contributed by atoms with Gasteiger partial charge in [0, 0.05) is 12.1 Å². The van der Waals surface area contributed by atoms with E-state index in [2.05, 4.69) is 16.9 Å². The number of benzene rings is 1. The van der Waals surface area contributed by atoms with Crippen molar-refractivity contribution in [2.45, 2.75) is 26.2 Å². The number of hydrogen-bond acceptors (Lipinski definition) is 3. The van der Waals surface area contributed by atoms with Gasteiger partial charge in [-0.3, -0.25) is 0 Å². The predicted octanol–water partition coefficient (Wildman–Crippen LogP) is 3.68. The fourth-order valence-electron chi connectivity index (χ4n) is 1.91. The molecule has 4 heteroatoms. The molecule has 0 aliphatic carbocycles. The smallest absolute Gasteiger partial charge is 0.134 e. The number of methoxy groups -OCH3 is 1. The van der Waals surface area contributed by atoms with Crippen LogP contribution in [0.5, 0.6) is 5.75 Å². The molecule has 0 fully saturated rings. The first kappa shape index (κ1) is 13.8. The quantitative estimate of drug-likeness (QED) is 0.782. The Labute approximate surface area is 118 Å². The average molecular weight is 277 g/mol. The van der Waals surface area contributed by atoms with Crippen LogP contribution in [0, 0.1) is 0 Å². The third-order valence-electron chi connectivity index (χ3n) is 2.82. The Morgan fingerprint density at radius 1 is 1.16 bits per heavy atom. The zero-order valence-electron chi connectivity index (χ0n) is 11.2. The van der Waals surface area contributed by atoms with E-state index < -0.39 is 0 Å². The van der Waals surface area contributed by atoms with Gasteiger partial charge in [-0.05, 0) is 30.2 Å². The number of hydrogen-bond donors (Lipinski definition) is 0. The molecule has 2 aromatic rings. The minimum Gasteiger partial charge on any atom is -0.497 e. The van der Waals surface area contributed by atoms with E-state index in [0.717, 1.165) is 35.7 Å². The first-order valence-electron chi connectivity index (χ1n) is 6.36. The molecule has 100 valence electrons. The molecule has 1 heterocycles. The normalized spacial score (nSPS) is 10.5. The lowest BCUT2D eigenvalue weighted by atomic mass is 10.1. The predicted molar refractivity (Wildman–Crippen MR) is 76.8 cm³/mol. The van der Waals surface area contributed by atoms with Crippen LogP contribution in [-0.2, 0) is 12.8 Å². The molecule has 0 atom stereocenters. The fraction of sp³-hybridized carbons (Fsp3) is 0.333. The monoisotopic (exact) mass is 276 g/mol. The summed E-state index contributed by atoms with van der Waals surface area (Å²) < 4.78 is 5.14. The van der Waals surface area contributed by atoms with Crippen LogP contribution in [0.1, 0.15) is 30.4 Å². The highest BCUT2D eigenvalue weighted by atomic mass is 35.5. The lowest BCUT2D eigenvalue weighted by molar-refractivity contribution is 0.414. The molecule has 0 radical (unpaired) electrons. The van der Waals surface area contributed by atoms with Crippen LogP contribution >= 0.6 is 11.6 Å². The van der Waals surface area contributed by atoms with Crippen molar-refractivity contribution in [2.24, 2.45) is 0 Å². The second kappa shape index (κ2) is 6.53. The molecule has 19 heavy (non-hydrogen) atoms. The van der Waals surface area contributed by atoms with Crippen molar-refractivity contribution < 1.29 is 4.74 Å². The van der Waals surface area contributed by atoms with Crippen LogP contribution in [0.2, 0.25) is 5.15 Å². The summed E-state index contributed by atoms with van der Waals surface area (Å²) in [7, 11) is 1.66. The highest BCUT2D eigenvalue weighted by Gasteiger charge is 2.04. The van der Waals surface area contributed by atoms with Gasteiger partial charge in [-0.2, -0.15) is 0 Å². The summed E-state index contributed by atoms with van der Waals surface area (Å²) in [5, 5.41) is 0.516. The van der Waals surface area contributed by atoms with Gasteiger partial charge in [-0.25, -0.2) is 9.97 Å². The van der Waals surface area contributed by atoms with Crippen LogP contribution < -0.4 is 4.74 Å². The molecular formula is C15H17ClN2O. The largest absolute Gasteiger partial charge is 0.497 e. The molecule has 0 N–H and O–H groups in total. The topological polar surface area (TPSA) is 35.0 Å². The van der Waals surface area contributed by atoms with Gasteiger partial charge in [0.1, 0.15) is 16.7 Å². The molecule has 2 rings (SSSR count). The van der Waals surface area contributed by atoms with Gasteiger partial charge in [0.2, 0.25) is 0 Å². The Morgan fingerprint density at radius 2 is 1.89 bits per heavy atom. The van der Waals surface area contributed by atoms with E-state index in [4.69, 9.17) is 16.3 Å². The zero-order valence-corrected chi connectivity index (χ0v) is 11.9. The van der Waals surface area contributed by atoms with Gasteiger partial charge in [0.25, 0.3) is 0 Å². The lowest BCUT2D eigenvalue weighted by Crippen LogP contribution is -2.01. The van der Waals surface area contributed by atoms with E-state index in [1.165, 1.54) is 0 Å². The summed E-state index contributed by atoms with van der Waals surface area (Å²) >= 11 is 6.03. The van der Waals surface area contributed by atoms with Crippen molar-refractivity contribution >= 4 is 11.6 Å². The third-order valence-corrected chi connectivity index (χ3v) is 3.02. The van der Waals surface area contributed by atoms with Crippen LogP contribution in [-0.4, -0.2) is 17.1 Å². The van der Waals surface area contributed by atoms with Gasteiger partial charge in [0.15, 0.2) is 0 Å². The summed E-state index contributed by atoms with van der Waals surface area (Å²) in [6.07, 6.45) is 2.66. The highest BCUT2D eigenvalue weighted by molar-refractivity contribution is 6.29. The minimum atomic E-state index is 0.516. The Morgan fingerprint density at radius 3 is 2.53 bits per heavy atom. The maximum Gasteiger partial charge on any atom is 0.134 e. The molecule has 0 amide bonds. The molecule has 0 aliphatic heterocycles. The molecule has 0 saturated carbocycles. The van der Waals surface area contributed by atoms with E-state index in [-0.39, 0.29) is 0 Å². The molecule has 0 bridgehead atoms. The molecule has 1 aromatic heterocycles. The van der Waals surface area contributed by atoms with Crippen molar-refractivity contribution in [3.05, 3.63) is 52.6 Å². The summed E-state index contributed by atoms with van der Waals surface area (Å²) in [6, 6.07) is 9.74. The summed E-state index contributed by atoms with van der Waals surface area (Å²) in [5.41, 5.74) is 2.15. The standard InChI is InChI=1S/C15H17ClN2O/c1-3-4-12-10-14(16)18-15(17-12)9-11-5-7-13(19-2)8-6-11/h5-8,10H,3-4,9H2,1-2H3. The number of halogens is 1. The zero-order chi connectivity index (χ0) is 13.7. The van der Waals surface area contributed by atoms with Crippen LogP contribution in [0.3, 0.4) is 0 Å². The first-order chi connectivity index (χ1) is 9.21. The van der Waals surface area contributed by atoms with Crippen molar-refractivity contribution in [1.29, 1.82) is 0 Å². The van der Waals surface area contributed by atoms with E-state index in [0.29, 0.717) is 11.6 Å². The Kier molecular flexibility index (Phi) is 4.74. The number of rotatable bonds is 5. The Bertz CT molecular complexity index is 540. The SMILES string of the molecule is CCCc1cc(Cl)nc(Cc2ccc(OC)cc2)n1. The van der Waals surface area contributed by atoms with Crippen molar-refractivity contribution in [2.75, 3.05) is 7.11 Å². The Hall–Kier alpha value is -1.61. The molecule has 3 nitrogen and oxygen atoms in total. The summed E-state index contributed by atoms with van der Waals surface area (Å²) in [5.74, 6) is 1.61. The minimum absolute atomic E-state index is 0.516. The molecule has 0 spiro atoms. The lowest BCUT2D eigenvalue weighted by Gasteiger charge is -2.05. The van der Waals surface area contributed by atoms with E-state index in [9.17, 15) is 0 Å². The Balaban J connectivity index is 2.17. The number of ether oxygens (including phenoxy) is 1. The fourth-order valence-corrected chi connectivity index (χ4v) is 2.13. The second-order valence-corrected chi connectivity index (χ2v) is 4.76. The van der Waals surface area contributed by atoms with Crippen LogP contribution in [0.25, 0.3) is 0 Å². The van der Waals surface area contributed by atoms with Gasteiger partial charge in [0.05, 0.1) is 7.11 Å². The summed E-state index contributed by atoms with van der Waals surface area (Å²) in [4.78, 5) is 8.81. The van der Waals surface area contributed by atoms with E-state index in [1.807, 2.05) is 30.3 Å². The highest BCUT2D eigenvalue weighted by Crippen LogP contribution is 2.15. The number of nitrogens with zero attached hydrogens (tertiary/aromatic N) is 2. The third kappa shape index (κ3) is 3.93. The molecular weight excluding hydrogens is 260 g/mol. The first-order valence-corrected chi connectivity index (χ1v) is 6.74.